The van der Waals surface area contributed by atoms with E-state index in [1.807, 2.05) is 3.97 Å². The van der Waals surface area contributed by atoms with E-state index in [0.717, 1.165) is 0 Å². The summed E-state index contributed by atoms with van der Waals surface area (Å²) < 4.78 is 1.94. The Bertz CT molecular complexity index is 180. The van der Waals surface area contributed by atoms with Crippen LogP contribution in [0.4, 0.5) is 0 Å². The number of aromatic nitrogens is 1. The molecule has 56 valence electrons. The minimum Gasteiger partial charge on any atom is -0.295 e. The first kappa shape index (κ1) is 7.73. The zero-order valence-corrected chi connectivity index (χ0v) is 7.79. The molecule has 10 heavy (non-hydrogen) atoms. The predicted octanol–water partition coefficient (Wildman–Crippen LogP) is 2.41. The highest BCUT2D eigenvalue weighted by Gasteiger charge is 2.06. The van der Waals surface area contributed by atoms with Crippen LogP contribution in [0.3, 0.4) is 0 Å². The lowest BCUT2D eigenvalue weighted by atomic mass is 10.2. The Morgan fingerprint density at radius 2 is 1.20 bits per heavy atom. The fourth-order valence-electron chi connectivity index (χ4n) is 1.11. The van der Waals surface area contributed by atoms with Gasteiger partial charge >= 0.3 is 0 Å². The first-order chi connectivity index (χ1) is 4.55. The maximum atomic E-state index is 4.32. The molecule has 1 aromatic heterocycles. The van der Waals surface area contributed by atoms with Crippen molar-refractivity contribution in [3.8, 4) is 0 Å². The van der Waals surface area contributed by atoms with Gasteiger partial charge in [0.2, 0.25) is 0 Å². The van der Waals surface area contributed by atoms with Gasteiger partial charge in [-0.15, -0.1) is 0 Å². The molecule has 0 radical (unpaired) electrons. The van der Waals surface area contributed by atoms with Crippen molar-refractivity contribution in [3.05, 3.63) is 22.5 Å². The second-order valence-electron chi connectivity index (χ2n) is 2.73. The van der Waals surface area contributed by atoms with E-state index in [1.54, 1.807) is 0 Å². The normalized spacial score (nSPS) is 10.5. The fraction of sp³-hybridized carbons (Fsp3) is 0.500. The van der Waals surface area contributed by atoms with Crippen molar-refractivity contribution in [2.45, 2.75) is 27.7 Å². The Morgan fingerprint density at radius 3 is 1.30 bits per heavy atom. The average molecular weight is 155 g/mol. The molecule has 0 aliphatic heterocycles. The Morgan fingerprint density at radius 1 is 0.900 bits per heavy atom. The molecule has 0 atom stereocenters. The molecule has 0 saturated heterocycles. The van der Waals surface area contributed by atoms with Crippen LogP contribution >= 0.6 is 12.8 Å². The minimum atomic E-state index is 1.25. The Balaban J connectivity index is 3.44. The molecule has 0 aliphatic rings. The minimum absolute atomic E-state index is 1.25. The molecule has 0 N–H and O–H groups in total. The molecule has 0 unspecified atom stereocenters. The summed E-state index contributed by atoms with van der Waals surface area (Å²) in [4.78, 5) is 0. The third-order valence-corrected chi connectivity index (χ3v) is 2.88. The van der Waals surface area contributed by atoms with E-state index in [9.17, 15) is 0 Å². The lowest BCUT2D eigenvalue weighted by molar-refractivity contribution is 1.10. The molecule has 0 spiro atoms. The molecule has 1 heterocycles. The van der Waals surface area contributed by atoms with Crippen LogP contribution in [-0.4, -0.2) is 3.97 Å². The average Bonchev–Trinajstić information content (AvgIpc) is 2.07. The lowest BCUT2D eigenvalue weighted by Gasteiger charge is -1.96. The monoisotopic (exact) mass is 155 g/mol. The Kier molecular flexibility index (Phi) is 1.82. The number of hydrogen-bond donors (Lipinski definition) is 1. The number of nitrogens with zero attached hydrogens (tertiary/aromatic N) is 1. The van der Waals surface area contributed by atoms with E-state index in [1.165, 1.54) is 22.5 Å². The molecule has 1 aromatic rings. The van der Waals surface area contributed by atoms with Crippen molar-refractivity contribution >= 4 is 12.8 Å². The van der Waals surface area contributed by atoms with E-state index in [2.05, 4.69) is 40.5 Å². The van der Waals surface area contributed by atoms with Gasteiger partial charge in [0.25, 0.3) is 0 Å². The van der Waals surface area contributed by atoms with Crippen molar-refractivity contribution in [2.24, 2.45) is 0 Å². The maximum absolute atomic E-state index is 4.32. The highest BCUT2D eigenvalue weighted by atomic mass is 32.1. The zero-order valence-electron chi connectivity index (χ0n) is 6.89. The van der Waals surface area contributed by atoms with Gasteiger partial charge in [-0.2, -0.15) is 0 Å². The molecule has 0 amide bonds. The number of rotatable bonds is 0. The summed E-state index contributed by atoms with van der Waals surface area (Å²) in [6.07, 6.45) is 0. The first-order valence-electron chi connectivity index (χ1n) is 3.40. The van der Waals surface area contributed by atoms with Gasteiger partial charge in [-0.25, -0.2) is 0 Å². The van der Waals surface area contributed by atoms with Gasteiger partial charge < -0.3 is 0 Å². The van der Waals surface area contributed by atoms with E-state index >= 15 is 0 Å². The van der Waals surface area contributed by atoms with E-state index in [-0.39, 0.29) is 0 Å². The molecule has 0 bridgehead atoms. The molecule has 1 rings (SSSR count). The van der Waals surface area contributed by atoms with Crippen LogP contribution in [0, 0.1) is 27.7 Å². The van der Waals surface area contributed by atoms with Gasteiger partial charge in [0.05, 0.1) is 0 Å². The summed E-state index contributed by atoms with van der Waals surface area (Å²) in [5.41, 5.74) is 5.21. The summed E-state index contributed by atoms with van der Waals surface area (Å²) in [6, 6.07) is 0. The highest BCUT2D eigenvalue weighted by molar-refractivity contribution is 7.78. The third kappa shape index (κ3) is 0.870. The fourth-order valence-corrected chi connectivity index (χ4v) is 1.41. The predicted molar refractivity (Wildman–Crippen MR) is 47.8 cm³/mol. The van der Waals surface area contributed by atoms with Crippen LogP contribution < -0.4 is 0 Å². The third-order valence-electron chi connectivity index (χ3n) is 2.28. The Labute approximate surface area is 67.6 Å². The van der Waals surface area contributed by atoms with Crippen molar-refractivity contribution in [3.63, 3.8) is 0 Å². The van der Waals surface area contributed by atoms with Gasteiger partial charge in [0.15, 0.2) is 0 Å². The molecule has 0 aliphatic carbocycles. The van der Waals surface area contributed by atoms with Gasteiger partial charge in [0.1, 0.15) is 0 Å². The zero-order chi connectivity index (χ0) is 7.89. The van der Waals surface area contributed by atoms with Crippen molar-refractivity contribution in [2.75, 3.05) is 0 Å². The highest BCUT2D eigenvalue weighted by Crippen LogP contribution is 2.20. The summed E-state index contributed by atoms with van der Waals surface area (Å²) in [7, 11) is 0. The van der Waals surface area contributed by atoms with E-state index in [0.29, 0.717) is 0 Å². The van der Waals surface area contributed by atoms with Crippen LogP contribution in [0.1, 0.15) is 22.5 Å². The topological polar surface area (TPSA) is 4.93 Å². The van der Waals surface area contributed by atoms with E-state index < -0.39 is 0 Å². The van der Waals surface area contributed by atoms with Crippen LogP contribution in [0.2, 0.25) is 0 Å². The van der Waals surface area contributed by atoms with Crippen molar-refractivity contribution in [1.29, 1.82) is 0 Å². The van der Waals surface area contributed by atoms with E-state index in [4.69, 9.17) is 0 Å². The summed E-state index contributed by atoms with van der Waals surface area (Å²) in [6.45, 7) is 8.43. The van der Waals surface area contributed by atoms with Gasteiger partial charge in [-0.1, -0.05) is 12.8 Å². The SMILES string of the molecule is Cc1c(C)c(C)n(S)c1C. The smallest absolute Gasteiger partial charge is 0.0294 e. The van der Waals surface area contributed by atoms with Crippen LogP contribution in [0.5, 0.6) is 0 Å². The van der Waals surface area contributed by atoms with Crippen LogP contribution in [-0.2, 0) is 0 Å². The molecule has 2 heteroatoms. The quantitative estimate of drug-likeness (QED) is 0.549. The molecule has 0 fully saturated rings. The second kappa shape index (κ2) is 2.35. The van der Waals surface area contributed by atoms with Crippen molar-refractivity contribution in [1.82, 2.24) is 3.97 Å². The maximum Gasteiger partial charge on any atom is 0.0294 e. The first-order valence-corrected chi connectivity index (χ1v) is 3.80. The number of thiol groups is 1. The van der Waals surface area contributed by atoms with Gasteiger partial charge in [-0.3, -0.25) is 3.97 Å². The van der Waals surface area contributed by atoms with Crippen molar-refractivity contribution < 1.29 is 0 Å². The molecular weight excluding hydrogens is 142 g/mol. The Hall–Kier alpha value is -0.370. The largest absolute Gasteiger partial charge is 0.295 e. The molecule has 1 nitrogen and oxygen atoms in total. The summed E-state index contributed by atoms with van der Waals surface area (Å²) >= 11 is 4.32. The van der Waals surface area contributed by atoms with Crippen LogP contribution in [0.15, 0.2) is 0 Å². The van der Waals surface area contributed by atoms with Gasteiger partial charge in [0, 0.05) is 11.4 Å². The second-order valence-corrected chi connectivity index (χ2v) is 3.13. The van der Waals surface area contributed by atoms with Crippen LogP contribution in [0.25, 0.3) is 0 Å². The summed E-state index contributed by atoms with van der Waals surface area (Å²) in [5.74, 6) is 0. The summed E-state index contributed by atoms with van der Waals surface area (Å²) in [5, 5.41) is 0. The molecule has 0 aromatic carbocycles. The molecule has 0 saturated carbocycles. The van der Waals surface area contributed by atoms with Gasteiger partial charge in [-0.05, 0) is 38.8 Å². The lowest BCUT2D eigenvalue weighted by Crippen LogP contribution is -1.85. The molecular formula is C8H13NS. The standard InChI is InChI=1S/C8H13NS/c1-5-6(2)8(4)9(10)7(5)3/h10H,1-4H3. The number of hydrogen-bond acceptors (Lipinski definition) is 1.